The number of alkyl halides is 1. The van der Waals surface area contributed by atoms with Crippen LogP contribution in [-0.4, -0.2) is 30.2 Å². The summed E-state index contributed by atoms with van der Waals surface area (Å²) in [6, 6.07) is 1.47. The molecule has 5 nitrogen and oxygen atoms in total. The van der Waals surface area contributed by atoms with Gasteiger partial charge < -0.3 is 14.2 Å². The number of aromatic nitrogens is 1. The lowest BCUT2D eigenvalue weighted by molar-refractivity contribution is 0.167. The highest BCUT2D eigenvalue weighted by atomic mass is 35.5. The van der Waals surface area contributed by atoms with Crippen LogP contribution in [0.3, 0.4) is 0 Å². The molecule has 0 radical (unpaired) electrons. The minimum atomic E-state index is -0.505. The van der Waals surface area contributed by atoms with Crippen molar-refractivity contribution >= 4 is 17.7 Å². The molecule has 13 heavy (non-hydrogen) atoms. The summed E-state index contributed by atoms with van der Waals surface area (Å²) in [5, 5.41) is 3.48. The zero-order valence-corrected chi connectivity index (χ0v) is 8.04. The van der Waals surface area contributed by atoms with Gasteiger partial charge in [-0.2, -0.15) is 0 Å². The molecule has 1 rings (SSSR count). The molecule has 1 aromatic rings. The van der Waals surface area contributed by atoms with Gasteiger partial charge in [0, 0.05) is 20.2 Å². The van der Waals surface area contributed by atoms with E-state index in [0.717, 1.165) is 0 Å². The number of hydrogen-bond acceptors (Lipinski definition) is 4. The van der Waals surface area contributed by atoms with Gasteiger partial charge in [-0.05, 0) is 5.16 Å². The van der Waals surface area contributed by atoms with Crippen molar-refractivity contribution in [3.05, 3.63) is 11.8 Å². The van der Waals surface area contributed by atoms with E-state index in [1.165, 1.54) is 11.0 Å². The van der Waals surface area contributed by atoms with Gasteiger partial charge in [-0.1, -0.05) is 0 Å². The van der Waals surface area contributed by atoms with E-state index in [9.17, 15) is 4.79 Å². The molecule has 0 aromatic carbocycles. The van der Waals surface area contributed by atoms with Crippen LogP contribution in [0.15, 0.2) is 10.6 Å². The molecule has 0 unspecified atom stereocenters. The zero-order chi connectivity index (χ0) is 9.84. The molecule has 6 heteroatoms. The lowest BCUT2D eigenvalue weighted by Crippen LogP contribution is -2.25. The van der Waals surface area contributed by atoms with Crippen LogP contribution in [0.5, 0.6) is 5.88 Å². The standard InChI is InChI=1S/C7H9ClN2O3/c1-10(2)7(11)12-6-3-5(4-8)13-9-6/h3H,4H2,1-2H3. The lowest BCUT2D eigenvalue weighted by atomic mass is 10.5. The van der Waals surface area contributed by atoms with Gasteiger partial charge in [-0.3, -0.25) is 0 Å². The normalized spacial score (nSPS) is 9.77. The van der Waals surface area contributed by atoms with Gasteiger partial charge in [0.1, 0.15) is 0 Å². The van der Waals surface area contributed by atoms with Crippen LogP contribution in [0.4, 0.5) is 4.79 Å². The quantitative estimate of drug-likeness (QED) is 0.685. The van der Waals surface area contributed by atoms with E-state index in [1.54, 1.807) is 14.1 Å². The first-order valence-electron chi connectivity index (χ1n) is 3.54. The molecule has 0 aliphatic carbocycles. The Labute approximate surface area is 80.2 Å². The molecule has 0 saturated heterocycles. The van der Waals surface area contributed by atoms with E-state index >= 15 is 0 Å². The summed E-state index contributed by atoms with van der Waals surface area (Å²) in [4.78, 5) is 12.3. The summed E-state index contributed by atoms with van der Waals surface area (Å²) in [5.41, 5.74) is 0. The van der Waals surface area contributed by atoms with Crippen LogP contribution in [0.1, 0.15) is 5.76 Å². The molecule has 0 saturated carbocycles. The molecule has 0 aliphatic rings. The highest BCUT2D eigenvalue weighted by Crippen LogP contribution is 2.13. The first kappa shape index (κ1) is 9.85. The summed E-state index contributed by atoms with van der Waals surface area (Å²) in [7, 11) is 3.15. The van der Waals surface area contributed by atoms with E-state index in [0.29, 0.717) is 5.76 Å². The predicted molar refractivity (Wildman–Crippen MR) is 45.8 cm³/mol. The average molecular weight is 205 g/mol. The maximum absolute atomic E-state index is 11.0. The monoisotopic (exact) mass is 204 g/mol. The van der Waals surface area contributed by atoms with E-state index in [1.807, 2.05) is 0 Å². The van der Waals surface area contributed by atoms with Gasteiger partial charge in [0.05, 0.1) is 5.88 Å². The van der Waals surface area contributed by atoms with Crippen LogP contribution in [0, 0.1) is 0 Å². The second-order valence-electron chi connectivity index (χ2n) is 2.53. The van der Waals surface area contributed by atoms with Crippen molar-refractivity contribution in [3.8, 4) is 5.88 Å². The average Bonchev–Trinajstić information content (AvgIpc) is 2.52. The maximum atomic E-state index is 11.0. The largest absolute Gasteiger partial charge is 0.416 e. The Morgan fingerprint density at radius 2 is 2.46 bits per heavy atom. The van der Waals surface area contributed by atoms with Crippen molar-refractivity contribution < 1.29 is 14.1 Å². The fourth-order valence-electron chi connectivity index (χ4n) is 0.586. The molecule has 72 valence electrons. The molecule has 1 heterocycles. The van der Waals surface area contributed by atoms with Gasteiger partial charge in [-0.25, -0.2) is 4.79 Å². The van der Waals surface area contributed by atoms with Crippen molar-refractivity contribution in [2.24, 2.45) is 0 Å². The second kappa shape index (κ2) is 4.13. The summed E-state index contributed by atoms with van der Waals surface area (Å²) in [6.07, 6.45) is -0.505. The highest BCUT2D eigenvalue weighted by Gasteiger charge is 2.10. The number of amides is 1. The van der Waals surface area contributed by atoms with Crippen LogP contribution < -0.4 is 4.74 Å². The van der Waals surface area contributed by atoms with E-state index in [2.05, 4.69) is 5.16 Å². The van der Waals surface area contributed by atoms with Crippen molar-refractivity contribution in [3.63, 3.8) is 0 Å². The zero-order valence-electron chi connectivity index (χ0n) is 7.28. The van der Waals surface area contributed by atoms with Crippen molar-refractivity contribution in [1.82, 2.24) is 10.1 Å². The Morgan fingerprint density at radius 1 is 1.77 bits per heavy atom. The van der Waals surface area contributed by atoms with E-state index in [4.69, 9.17) is 20.9 Å². The Balaban J connectivity index is 2.59. The SMILES string of the molecule is CN(C)C(=O)Oc1cc(CCl)on1. The Morgan fingerprint density at radius 3 is 2.92 bits per heavy atom. The molecule has 0 spiro atoms. The fourth-order valence-corrected chi connectivity index (χ4v) is 0.712. The molecule has 0 N–H and O–H groups in total. The van der Waals surface area contributed by atoms with Gasteiger partial charge in [0.2, 0.25) is 0 Å². The number of hydrogen-bond donors (Lipinski definition) is 0. The van der Waals surface area contributed by atoms with Crippen LogP contribution in [0.2, 0.25) is 0 Å². The summed E-state index contributed by atoms with van der Waals surface area (Å²) >= 11 is 5.45. The van der Waals surface area contributed by atoms with Gasteiger partial charge in [0.15, 0.2) is 5.76 Å². The summed E-state index contributed by atoms with van der Waals surface area (Å²) < 4.78 is 9.50. The van der Waals surface area contributed by atoms with Crippen molar-refractivity contribution in [2.45, 2.75) is 5.88 Å². The minimum Gasteiger partial charge on any atom is -0.388 e. The maximum Gasteiger partial charge on any atom is 0.416 e. The third-order valence-corrected chi connectivity index (χ3v) is 1.49. The van der Waals surface area contributed by atoms with E-state index < -0.39 is 6.09 Å². The van der Waals surface area contributed by atoms with Crippen LogP contribution in [0.25, 0.3) is 0 Å². The Kier molecular flexibility index (Phi) is 3.13. The third-order valence-electron chi connectivity index (χ3n) is 1.23. The molecule has 1 aromatic heterocycles. The summed E-state index contributed by atoms with van der Waals surface area (Å²) in [5.74, 6) is 0.782. The molecule has 0 atom stereocenters. The summed E-state index contributed by atoms with van der Waals surface area (Å²) in [6.45, 7) is 0. The van der Waals surface area contributed by atoms with Crippen molar-refractivity contribution in [2.75, 3.05) is 14.1 Å². The number of nitrogens with zero attached hydrogens (tertiary/aromatic N) is 2. The molecule has 0 bridgehead atoms. The number of carbonyl (C=O) groups excluding carboxylic acids is 1. The van der Waals surface area contributed by atoms with Gasteiger partial charge in [0.25, 0.3) is 5.88 Å². The second-order valence-corrected chi connectivity index (χ2v) is 2.79. The smallest absolute Gasteiger partial charge is 0.388 e. The predicted octanol–water partition coefficient (Wildman–Crippen LogP) is 1.47. The van der Waals surface area contributed by atoms with Gasteiger partial charge in [-0.15, -0.1) is 11.6 Å². The Hall–Kier alpha value is -1.23. The first-order valence-corrected chi connectivity index (χ1v) is 4.07. The molecule has 0 fully saturated rings. The fraction of sp³-hybridized carbons (Fsp3) is 0.429. The minimum absolute atomic E-state index is 0.120. The Bertz CT molecular complexity index is 298. The van der Waals surface area contributed by atoms with Gasteiger partial charge >= 0.3 is 6.09 Å². The van der Waals surface area contributed by atoms with Crippen molar-refractivity contribution in [1.29, 1.82) is 0 Å². The number of halogens is 1. The number of rotatable bonds is 2. The molecular formula is C7H9ClN2O3. The highest BCUT2D eigenvalue weighted by molar-refractivity contribution is 6.16. The molecule has 0 aliphatic heterocycles. The topological polar surface area (TPSA) is 55.6 Å². The number of carbonyl (C=O) groups is 1. The number of ether oxygens (including phenoxy) is 1. The molecule has 1 amide bonds. The third kappa shape index (κ3) is 2.62. The van der Waals surface area contributed by atoms with E-state index in [-0.39, 0.29) is 11.8 Å². The van der Waals surface area contributed by atoms with Crippen LogP contribution in [-0.2, 0) is 5.88 Å². The molecular weight excluding hydrogens is 196 g/mol. The van der Waals surface area contributed by atoms with Crippen LogP contribution >= 0.6 is 11.6 Å². The lowest BCUT2D eigenvalue weighted by Gasteiger charge is -2.07. The first-order chi connectivity index (χ1) is 6.13.